The molecular formula is C32H24Cl2O6S. The molecule has 0 aliphatic rings. The first-order valence-electron chi connectivity index (χ1n) is 12.3. The van der Waals surface area contributed by atoms with Gasteiger partial charge in [0.1, 0.15) is 0 Å². The van der Waals surface area contributed by atoms with Gasteiger partial charge in [0, 0.05) is 0 Å². The van der Waals surface area contributed by atoms with Crippen molar-refractivity contribution in [2.45, 2.75) is 8.41 Å². The van der Waals surface area contributed by atoms with Crippen LogP contribution >= 0.6 is 23.2 Å². The minimum Gasteiger partial charge on any atom is -0.478 e. The SMILES string of the molecule is O=C(O)c1ccc(C=CC(Cl)(c2ccccc2)S(=O)(=O)C(Cl)(C=Cc2ccc(C(=O)O)cc2)c2ccccc2)cc1. The van der Waals surface area contributed by atoms with Crippen molar-refractivity contribution in [3.63, 3.8) is 0 Å². The maximum Gasteiger partial charge on any atom is 0.335 e. The van der Waals surface area contributed by atoms with Crippen LogP contribution in [0.2, 0.25) is 0 Å². The zero-order valence-electron chi connectivity index (χ0n) is 21.4. The van der Waals surface area contributed by atoms with Crippen LogP contribution < -0.4 is 0 Å². The molecule has 2 atom stereocenters. The lowest BCUT2D eigenvalue weighted by atomic mass is 10.1. The predicted octanol–water partition coefficient (Wildman–Crippen LogP) is 7.41. The lowest BCUT2D eigenvalue weighted by Gasteiger charge is -2.34. The minimum absolute atomic E-state index is 0.0837. The number of halogens is 2. The van der Waals surface area contributed by atoms with Gasteiger partial charge in [-0.2, -0.15) is 0 Å². The third-order valence-electron chi connectivity index (χ3n) is 6.41. The average molecular weight is 608 g/mol. The highest BCUT2D eigenvalue weighted by Crippen LogP contribution is 2.50. The van der Waals surface area contributed by atoms with Gasteiger partial charge in [-0.3, -0.25) is 0 Å². The van der Waals surface area contributed by atoms with E-state index in [4.69, 9.17) is 23.2 Å². The van der Waals surface area contributed by atoms with Crippen molar-refractivity contribution in [2.24, 2.45) is 0 Å². The Morgan fingerprint density at radius 1 is 0.561 bits per heavy atom. The first-order valence-corrected chi connectivity index (χ1v) is 14.5. The molecule has 0 saturated heterocycles. The van der Waals surface area contributed by atoms with E-state index in [-0.39, 0.29) is 22.3 Å². The van der Waals surface area contributed by atoms with Crippen LogP contribution in [-0.4, -0.2) is 30.6 Å². The number of sulfone groups is 1. The van der Waals surface area contributed by atoms with Crippen LogP contribution in [0.4, 0.5) is 0 Å². The number of aromatic carboxylic acids is 2. The van der Waals surface area contributed by atoms with Gasteiger partial charge in [-0.15, -0.1) is 0 Å². The van der Waals surface area contributed by atoms with Crippen LogP contribution in [0.25, 0.3) is 12.2 Å². The van der Waals surface area contributed by atoms with Crippen molar-refractivity contribution >= 4 is 57.1 Å². The molecule has 208 valence electrons. The van der Waals surface area contributed by atoms with Crippen molar-refractivity contribution in [1.29, 1.82) is 0 Å². The fourth-order valence-corrected chi connectivity index (χ4v) is 7.16. The molecule has 0 radical (unpaired) electrons. The second kappa shape index (κ2) is 12.1. The number of carbonyl (C=O) groups is 2. The van der Waals surface area contributed by atoms with Crippen molar-refractivity contribution in [1.82, 2.24) is 0 Å². The van der Waals surface area contributed by atoms with E-state index < -0.39 is 30.2 Å². The minimum atomic E-state index is -4.58. The van der Waals surface area contributed by atoms with E-state index in [1.807, 2.05) is 0 Å². The van der Waals surface area contributed by atoms with Crippen LogP contribution in [0, 0.1) is 0 Å². The first-order chi connectivity index (χ1) is 19.5. The lowest BCUT2D eigenvalue weighted by molar-refractivity contribution is 0.0686. The summed E-state index contributed by atoms with van der Waals surface area (Å²) < 4.78 is 25.0. The zero-order chi connectivity index (χ0) is 29.7. The molecule has 0 aromatic heterocycles. The number of carboxylic acid groups (broad SMARTS) is 2. The predicted molar refractivity (Wildman–Crippen MR) is 162 cm³/mol. The van der Waals surface area contributed by atoms with Crippen molar-refractivity contribution in [3.8, 4) is 0 Å². The summed E-state index contributed by atoms with van der Waals surface area (Å²) in [6, 6.07) is 28.2. The Balaban J connectivity index is 1.87. The largest absolute Gasteiger partial charge is 0.478 e. The number of hydrogen-bond acceptors (Lipinski definition) is 4. The van der Waals surface area contributed by atoms with Crippen LogP contribution in [-0.2, 0) is 18.2 Å². The Bertz CT molecular complexity index is 1580. The van der Waals surface area contributed by atoms with E-state index >= 15 is 0 Å². The molecule has 2 N–H and O–H groups in total. The number of carboxylic acids is 2. The highest BCUT2D eigenvalue weighted by Gasteiger charge is 2.54. The molecule has 0 saturated carbocycles. The third kappa shape index (κ3) is 6.12. The molecule has 0 bridgehead atoms. The molecule has 0 heterocycles. The standard InChI is InChI=1S/C32H24Cl2O6S/c33-31(27-7-3-1-4-8-27,21-19-23-11-15-25(16-12-23)29(35)36)41(39,40)32(34,28-9-5-2-6-10-28)22-20-24-13-17-26(18-14-24)30(37)38/h1-22H,(H,35,36)(H,37,38). The molecule has 0 fully saturated rings. The molecular weight excluding hydrogens is 583 g/mol. The van der Waals surface area contributed by atoms with Crippen LogP contribution in [0.1, 0.15) is 43.0 Å². The second-order valence-corrected chi connectivity index (χ2v) is 13.0. The monoisotopic (exact) mass is 606 g/mol. The quantitative estimate of drug-likeness (QED) is 0.182. The normalized spacial score (nSPS) is 14.9. The van der Waals surface area contributed by atoms with Crippen LogP contribution in [0.3, 0.4) is 0 Å². The smallest absolute Gasteiger partial charge is 0.335 e. The Kier molecular flexibility index (Phi) is 8.83. The van der Waals surface area contributed by atoms with Crippen molar-refractivity contribution in [2.75, 3.05) is 0 Å². The molecule has 4 aromatic carbocycles. The topological polar surface area (TPSA) is 109 Å². The Morgan fingerprint density at radius 3 is 1.17 bits per heavy atom. The summed E-state index contributed by atoms with van der Waals surface area (Å²) in [5, 5.41) is 18.4. The summed E-state index contributed by atoms with van der Waals surface area (Å²) in [5.41, 5.74) is 1.72. The molecule has 9 heteroatoms. The van der Waals surface area contributed by atoms with Gasteiger partial charge in [-0.05, 0) is 58.7 Å². The van der Waals surface area contributed by atoms with E-state index in [1.54, 1.807) is 84.9 Å². The van der Waals surface area contributed by atoms with Crippen LogP contribution in [0.5, 0.6) is 0 Å². The van der Waals surface area contributed by atoms with E-state index in [0.717, 1.165) is 0 Å². The average Bonchev–Trinajstić information content (AvgIpc) is 2.99. The van der Waals surface area contributed by atoms with Gasteiger partial charge in [-0.25, -0.2) is 18.0 Å². The molecule has 0 amide bonds. The maximum absolute atomic E-state index is 14.7. The molecule has 2 unspecified atom stereocenters. The molecule has 41 heavy (non-hydrogen) atoms. The van der Waals surface area contributed by atoms with Crippen LogP contribution in [0.15, 0.2) is 121 Å². The van der Waals surface area contributed by atoms with Gasteiger partial charge >= 0.3 is 11.9 Å². The highest BCUT2D eigenvalue weighted by molar-refractivity contribution is 7.96. The Morgan fingerprint density at radius 2 is 0.878 bits per heavy atom. The summed E-state index contributed by atoms with van der Waals surface area (Å²) in [4.78, 5) is 22.5. The molecule has 6 nitrogen and oxygen atoms in total. The number of hydrogen-bond donors (Lipinski definition) is 2. The number of rotatable bonds is 10. The zero-order valence-corrected chi connectivity index (χ0v) is 23.7. The second-order valence-electron chi connectivity index (χ2n) is 9.05. The van der Waals surface area contributed by atoms with E-state index in [0.29, 0.717) is 11.1 Å². The lowest BCUT2D eigenvalue weighted by Crippen LogP contribution is -2.40. The summed E-state index contributed by atoms with van der Waals surface area (Å²) in [7, 11) is -4.58. The van der Waals surface area contributed by atoms with Gasteiger partial charge in [-0.1, -0.05) is 120 Å². The van der Waals surface area contributed by atoms with Gasteiger partial charge in [0.05, 0.1) is 11.1 Å². The van der Waals surface area contributed by atoms with Gasteiger partial charge in [0.25, 0.3) is 0 Å². The van der Waals surface area contributed by atoms with Crippen molar-refractivity contribution in [3.05, 3.63) is 155 Å². The molecule has 0 spiro atoms. The van der Waals surface area contributed by atoms with E-state index in [2.05, 4.69) is 0 Å². The highest BCUT2D eigenvalue weighted by atomic mass is 35.5. The fourth-order valence-electron chi connectivity index (χ4n) is 4.11. The molecule has 4 aromatic rings. The Hall–Kier alpha value is -4.17. The molecule has 0 aliphatic carbocycles. The third-order valence-corrected chi connectivity index (χ3v) is 10.6. The fraction of sp³-hybridized carbons (Fsp3) is 0.0625. The first kappa shape index (κ1) is 29.8. The maximum atomic E-state index is 14.7. The summed E-state index contributed by atoms with van der Waals surface area (Å²) in [6.45, 7) is 0. The Labute approximate surface area is 247 Å². The summed E-state index contributed by atoms with van der Waals surface area (Å²) in [6.07, 6.45) is 5.65. The summed E-state index contributed by atoms with van der Waals surface area (Å²) >= 11 is 14.2. The molecule has 0 aliphatic heterocycles. The van der Waals surface area contributed by atoms with E-state index in [9.17, 15) is 28.2 Å². The number of benzene rings is 4. The van der Waals surface area contributed by atoms with Gasteiger partial charge in [0.15, 0.2) is 8.41 Å². The van der Waals surface area contributed by atoms with Gasteiger partial charge in [0.2, 0.25) is 9.84 Å². The van der Waals surface area contributed by atoms with Crippen molar-refractivity contribution < 1.29 is 28.2 Å². The molecule has 4 rings (SSSR count). The van der Waals surface area contributed by atoms with E-state index in [1.165, 1.54) is 48.6 Å². The van der Waals surface area contributed by atoms with Gasteiger partial charge < -0.3 is 10.2 Å². The number of alkyl halides is 2. The summed E-state index contributed by atoms with van der Waals surface area (Å²) in [5.74, 6) is -2.17.